The van der Waals surface area contributed by atoms with Crippen LogP contribution in [0, 0.1) is 0 Å². The molecule has 0 saturated heterocycles. The van der Waals surface area contributed by atoms with Crippen LogP contribution in [0.15, 0.2) is 30.3 Å². The van der Waals surface area contributed by atoms with Gasteiger partial charge < -0.3 is 10.1 Å². The van der Waals surface area contributed by atoms with Crippen LogP contribution >= 0.6 is 0 Å². The summed E-state index contributed by atoms with van der Waals surface area (Å²) in [4.78, 5) is 11.3. The van der Waals surface area contributed by atoms with E-state index in [1.54, 1.807) is 12.1 Å². The maximum atomic E-state index is 11.3. The van der Waals surface area contributed by atoms with E-state index in [1.807, 2.05) is 25.1 Å². The third-order valence-corrected chi connectivity index (χ3v) is 1.57. The summed E-state index contributed by atoms with van der Waals surface area (Å²) >= 11 is 0. The predicted octanol–water partition coefficient (Wildman–Crippen LogP) is 1.41. The summed E-state index contributed by atoms with van der Waals surface area (Å²) < 4.78 is 4.99. The molecule has 0 atom stereocenters. The number of amides is 1. The molecule has 0 aliphatic rings. The fraction of sp³-hybridized carbons (Fsp3) is 0.300. The van der Waals surface area contributed by atoms with Crippen molar-refractivity contribution >= 4 is 5.91 Å². The fourth-order valence-corrected chi connectivity index (χ4v) is 0.910. The van der Waals surface area contributed by atoms with Crippen LogP contribution in [-0.2, 0) is 4.74 Å². The summed E-state index contributed by atoms with van der Waals surface area (Å²) in [5.74, 6) is -0.103. The number of hydrogen-bond acceptors (Lipinski definition) is 2. The Balaban J connectivity index is 2.40. The summed E-state index contributed by atoms with van der Waals surface area (Å²) in [7, 11) is 0. The molecule has 0 aliphatic carbocycles. The zero-order valence-electron chi connectivity index (χ0n) is 7.62. The number of carbonyl (C=O) groups excluding carboxylic acids is 1. The van der Waals surface area contributed by atoms with Gasteiger partial charge in [0, 0.05) is 12.2 Å². The highest BCUT2D eigenvalue weighted by atomic mass is 16.5. The molecule has 0 saturated carbocycles. The Morgan fingerprint density at radius 3 is 2.69 bits per heavy atom. The molecule has 1 aromatic rings. The van der Waals surface area contributed by atoms with Gasteiger partial charge in [0.25, 0.3) is 5.91 Å². The molecule has 1 amide bonds. The standard InChI is InChI=1S/C10H13NO2/c1-2-13-8-11-10(12)9-6-4-3-5-7-9/h3-7H,2,8H2,1H3,(H,11,12). The SMILES string of the molecule is CCOCNC(=O)c1ccccc1. The zero-order valence-corrected chi connectivity index (χ0v) is 7.62. The van der Waals surface area contributed by atoms with E-state index in [-0.39, 0.29) is 12.6 Å². The van der Waals surface area contributed by atoms with Crippen LogP contribution in [0.25, 0.3) is 0 Å². The molecule has 0 aliphatic heterocycles. The topological polar surface area (TPSA) is 38.3 Å². The Kier molecular flexibility index (Phi) is 3.99. The lowest BCUT2D eigenvalue weighted by Crippen LogP contribution is -2.25. The summed E-state index contributed by atoms with van der Waals surface area (Å²) in [5, 5.41) is 2.64. The van der Waals surface area contributed by atoms with Crippen LogP contribution in [0.3, 0.4) is 0 Å². The van der Waals surface area contributed by atoms with Gasteiger partial charge in [-0.15, -0.1) is 0 Å². The first-order chi connectivity index (χ1) is 6.34. The van der Waals surface area contributed by atoms with Crippen molar-refractivity contribution in [1.82, 2.24) is 5.32 Å². The summed E-state index contributed by atoms with van der Waals surface area (Å²) in [5.41, 5.74) is 0.655. The van der Waals surface area contributed by atoms with E-state index in [0.29, 0.717) is 12.2 Å². The minimum atomic E-state index is -0.103. The molecular weight excluding hydrogens is 166 g/mol. The van der Waals surface area contributed by atoms with Gasteiger partial charge in [-0.1, -0.05) is 18.2 Å². The number of hydrogen-bond donors (Lipinski definition) is 1. The first-order valence-corrected chi connectivity index (χ1v) is 4.25. The van der Waals surface area contributed by atoms with Crippen molar-refractivity contribution < 1.29 is 9.53 Å². The number of benzene rings is 1. The Morgan fingerprint density at radius 1 is 1.38 bits per heavy atom. The van der Waals surface area contributed by atoms with Gasteiger partial charge in [0.2, 0.25) is 0 Å². The van der Waals surface area contributed by atoms with E-state index in [9.17, 15) is 4.79 Å². The summed E-state index contributed by atoms with van der Waals surface area (Å²) in [6.07, 6.45) is 0. The smallest absolute Gasteiger partial charge is 0.253 e. The average Bonchev–Trinajstić information content (AvgIpc) is 2.19. The molecule has 1 rings (SSSR count). The monoisotopic (exact) mass is 179 g/mol. The first kappa shape index (κ1) is 9.74. The van der Waals surface area contributed by atoms with E-state index in [4.69, 9.17) is 4.74 Å². The van der Waals surface area contributed by atoms with E-state index in [0.717, 1.165) is 0 Å². The van der Waals surface area contributed by atoms with Crippen LogP contribution in [0.4, 0.5) is 0 Å². The number of carbonyl (C=O) groups is 1. The highest BCUT2D eigenvalue weighted by Gasteiger charge is 2.01. The molecule has 13 heavy (non-hydrogen) atoms. The second-order valence-electron chi connectivity index (χ2n) is 2.51. The summed E-state index contributed by atoms with van der Waals surface area (Å²) in [6.45, 7) is 2.76. The fourth-order valence-electron chi connectivity index (χ4n) is 0.910. The van der Waals surface area contributed by atoms with Gasteiger partial charge in [0.05, 0.1) is 0 Å². The quantitative estimate of drug-likeness (QED) is 0.560. The van der Waals surface area contributed by atoms with E-state index in [1.165, 1.54) is 0 Å². The molecule has 0 aromatic heterocycles. The van der Waals surface area contributed by atoms with E-state index < -0.39 is 0 Å². The van der Waals surface area contributed by atoms with Crippen molar-refractivity contribution in [1.29, 1.82) is 0 Å². The van der Waals surface area contributed by atoms with Crippen LogP contribution < -0.4 is 5.32 Å². The zero-order chi connectivity index (χ0) is 9.52. The highest BCUT2D eigenvalue weighted by molar-refractivity contribution is 5.93. The normalized spacial score (nSPS) is 9.62. The number of rotatable bonds is 4. The van der Waals surface area contributed by atoms with Crippen LogP contribution in [0.2, 0.25) is 0 Å². The first-order valence-electron chi connectivity index (χ1n) is 4.25. The van der Waals surface area contributed by atoms with Gasteiger partial charge >= 0.3 is 0 Å². The maximum absolute atomic E-state index is 11.3. The molecule has 0 bridgehead atoms. The molecule has 1 aromatic carbocycles. The molecule has 70 valence electrons. The second kappa shape index (κ2) is 5.32. The molecule has 0 spiro atoms. The molecule has 0 fully saturated rings. The van der Waals surface area contributed by atoms with Crippen molar-refractivity contribution in [2.45, 2.75) is 6.92 Å². The molecule has 0 radical (unpaired) electrons. The Morgan fingerprint density at radius 2 is 2.08 bits per heavy atom. The highest BCUT2D eigenvalue weighted by Crippen LogP contribution is 1.97. The van der Waals surface area contributed by atoms with Crippen molar-refractivity contribution in [2.75, 3.05) is 13.3 Å². The lowest BCUT2D eigenvalue weighted by Gasteiger charge is -2.03. The Hall–Kier alpha value is -1.35. The van der Waals surface area contributed by atoms with Gasteiger partial charge in [-0.25, -0.2) is 0 Å². The van der Waals surface area contributed by atoms with Crippen molar-refractivity contribution in [3.05, 3.63) is 35.9 Å². The number of ether oxygens (including phenoxy) is 1. The van der Waals surface area contributed by atoms with Crippen molar-refractivity contribution in [3.63, 3.8) is 0 Å². The maximum Gasteiger partial charge on any atom is 0.253 e. The molecule has 0 heterocycles. The van der Waals surface area contributed by atoms with Crippen LogP contribution in [-0.4, -0.2) is 19.2 Å². The van der Waals surface area contributed by atoms with Crippen LogP contribution in [0.5, 0.6) is 0 Å². The van der Waals surface area contributed by atoms with Crippen LogP contribution in [0.1, 0.15) is 17.3 Å². The Bertz CT molecular complexity index is 259. The molecule has 0 unspecified atom stereocenters. The molecule has 3 nitrogen and oxygen atoms in total. The van der Waals surface area contributed by atoms with E-state index in [2.05, 4.69) is 5.32 Å². The lowest BCUT2D eigenvalue weighted by atomic mass is 10.2. The number of nitrogens with one attached hydrogen (secondary N) is 1. The van der Waals surface area contributed by atoms with Gasteiger partial charge in [-0.2, -0.15) is 0 Å². The van der Waals surface area contributed by atoms with Crippen molar-refractivity contribution in [3.8, 4) is 0 Å². The van der Waals surface area contributed by atoms with Gasteiger partial charge in [-0.3, -0.25) is 4.79 Å². The van der Waals surface area contributed by atoms with Gasteiger partial charge in [-0.05, 0) is 19.1 Å². The third-order valence-electron chi connectivity index (χ3n) is 1.57. The summed E-state index contributed by atoms with van der Waals surface area (Å²) in [6, 6.07) is 9.06. The third kappa shape index (κ3) is 3.25. The molecule has 1 N–H and O–H groups in total. The van der Waals surface area contributed by atoms with E-state index >= 15 is 0 Å². The van der Waals surface area contributed by atoms with Crippen molar-refractivity contribution in [2.24, 2.45) is 0 Å². The molecular formula is C10H13NO2. The minimum absolute atomic E-state index is 0.103. The minimum Gasteiger partial charge on any atom is -0.362 e. The van der Waals surface area contributed by atoms with Gasteiger partial charge in [0.1, 0.15) is 6.73 Å². The average molecular weight is 179 g/mol. The predicted molar refractivity (Wildman–Crippen MR) is 50.4 cm³/mol. The lowest BCUT2D eigenvalue weighted by molar-refractivity contribution is 0.0817. The largest absolute Gasteiger partial charge is 0.362 e. The Labute approximate surface area is 77.7 Å². The second-order valence-corrected chi connectivity index (χ2v) is 2.51. The van der Waals surface area contributed by atoms with Gasteiger partial charge in [0.15, 0.2) is 0 Å². The molecule has 3 heteroatoms.